The Morgan fingerprint density at radius 1 is 1.00 bits per heavy atom. The molecular weight excluding hydrogens is 216 g/mol. The second-order valence-electron chi connectivity index (χ2n) is 3.41. The van der Waals surface area contributed by atoms with Gasteiger partial charge in [0.25, 0.3) is 0 Å². The zero-order valence-electron chi connectivity index (χ0n) is 8.35. The predicted molar refractivity (Wildman–Crippen MR) is 65.5 cm³/mol. The van der Waals surface area contributed by atoms with Crippen LogP contribution in [0.2, 0.25) is 0 Å². The van der Waals surface area contributed by atoms with Crippen molar-refractivity contribution in [2.24, 2.45) is 0 Å². The van der Waals surface area contributed by atoms with Crippen molar-refractivity contribution in [2.45, 2.75) is 12.8 Å². The van der Waals surface area contributed by atoms with Gasteiger partial charge in [-0.2, -0.15) is 25.3 Å². The summed E-state index contributed by atoms with van der Waals surface area (Å²) >= 11 is 8.28. The first kappa shape index (κ1) is 12.0. The maximum Gasteiger partial charge on any atom is 0.320 e. The Kier molecular flexibility index (Phi) is 5.55. The van der Waals surface area contributed by atoms with Gasteiger partial charge in [0.15, 0.2) is 0 Å². The second kappa shape index (κ2) is 6.45. The summed E-state index contributed by atoms with van der Waals surface area (Å²) in [5.74, 6) is 1.70. The summed E-state index contributed by atoms with van der Waals surface area (Å²) in [6.45, 7) is 3.44. The Bertz CT molecular complexity index is 172. The number of nitrogens with zero attached hydrogens (tertiary/aromatic N) is 2. The minimum Gasteiger partial charge on any atom is -0.323 e. The fourth-order valence-electron chi connectivity index (χ4n) is 1.57. The van der Waals surface area contributed by atoms with Crippen molar-refractivity contribution in [2.75, 3.05) is 37.7 Å². The Morgan fingerprint density at radius 3 is 1.79 bits per heavy atom. The molecule has 2 amide bonds. The topological polar surface area (TPSA) is 23.6 Å². The van der Waals surface area contributed by atoms with Crippen molar-refractivity contribution in [3.05, 3.63) is 0 Å². The number of rotatable bonds is 6. The molecule has 5 heteroatoms. The standard InChI is InChI=1S/C9H18N2OS2/c12-9-10(3-1-7-13)5-6-11(9)4-2-8-14/h13-14H,1-8H2. The van der Waals surface area contributed by atoms with E-state index in [9.17, 15) is 4.79 Å². The summed E-state index contributed by atoms with van der Waals surface area (Å²) in [4.78, 5) is 15.5. The van der Waals surface area contributed by atoms with Crippen molar-refractivity contribution < 1.29 is 4.79 Å². The van der Waals surface area contributed by atoms with Crippen LogP contribution in [0.5, 0.6) is 0 Å². The van der Waals surface area contributed by atoms with E-state index >= 15 is 0 Å². The molecule has 0 bridgehead atoms. The van der Waals surface area contributed by atoms with Gasteiger partial charge in [0, 0.05) is 26.2 Å². The Hall–Kier alpha value is -0.0300. The predicted octanol–water partition coefficient (Wildman–Crippen LogP) is 1.36. The second-order valence-corrected chi connectivity index (χ2v) is 4.31. The molecule has 0 spiro atoms. The van der Waals surface area contributed by atoms with Crippen LogP contribution in [0.3, 0.4) is 0 Å². The van der Waals surface area contributed by atoms with E-state index in [2.05, 4.69) is 25.3 Å². The van der Waals surface area contributed by atoms with E-state index in [4.69, 9.17) is 0 Å². The lowest BCUT2D eigenvalue weighted by Crippen LogP contribution is -2.33. The number of urea groups is 1. The molecule has 1 aliphatic rings. The molecule has 0 aromatic heterocycles. The van der Waals surface area contributed by atoms with Crippen molar-refractivity contribution in [1.82, 2.24) is 9.80 Å². The van der Waals surface area contributed by atoms with Crippen LogP contribution in [0, 0.1) is 0 Å². The molecule has 1 rings (SSSR count). The van der Waals surface area contributed by atoms with Gasteiger partial charge in [0.05, 0.1) is 0 Å². The van der Waals surface area contributed by atoms with Crippen molar-refractivity contribution in [3.63, 3.8) is 0 Å². The Labute approximate surface area is 96.6 Å². The normalized spacial score (nSPS) is 16.9. The van der Waals surface area contributed by atoms with Crippen LogP contribution in [-0.4, -0.2) is 53.5 Å². The largest absolute Gasteiger partial charge is 0.323 e. The highest BCUT2D eigenvalue weighted by Gasteiger charge is 2.26. The third-order valence-electron chi connectivity index (χ3n) is 2.35. The van der Waals surface area contributed by atoms with E-state index in [0.29, 0.717) is 0 Å². The highest BCUT2D eigenvalue weighted by atomic mass is 32.1. The molecule has 82 valence electrons. The van der Waals surface area contributed by atoms with E-state index < -0.39 is 0 Å². The SMILES string of the molecule is O=C1N(CCCS)CCN1CCCS. The summed E-state index contributed by atoms with van der Waals surface area (Å²) in [6.07, 6.45) is 1.96. The van der Waals surface area contributed by atoms with Gasteiger partial charge < -0.3 is 9.80 Å². The average Bonchev–Trinajstić information content (AvgIpc) is 2.54. The molecule has 0 aliphatic carbocycles. The minimum atomic E-state index is 0.188. The number of hydrogen-bond donors (Lipinski definition) is 2. The molecule has 3 nitrogen and oxygen atoms in total. The molecule has 0 unspecified atom stereocenters. The maximum absolute atomic E-state index is 11.7. The first-order valence-corrected chi connectivity index (χ1v) is 6.31. The summed E-state index contributed by atoms with van der Waals surface area (Å²) in [6, 6.07) is 0.188. The van der Waals surface area contributed by atoms with Crippen LogP contribution >= 0.6 is 25.3 Å². The van der Waals surface area contributed by atoms with Gasteiger partial charge in [-0.3, -0.25) is 0 Å². The summed E-state index contributed by atoms with van der Waals surface area (Å²) in [7, 11) is 0. The number of thiol groups is 2. The quantitative estimate of drug-likeness (QED) is 0.666. The van der Waals surface area contributed by atoms with Crippen molar-refractivity contribution in [1.29, 1.82) is 0 Å². The lowest BCUT2D eigenvalue weighted by atomic mass is 10.4. The van der Waals surface area contributed by atoms with Gasteiger partial charge in [-0.1, -0.05) is 0 Å². The monoisotopic (exact) mass is 234 g/mol. The molecule has 0 radical (unpaired) electrons. The number of carbonyl (C=O) groups excluding carboxylic acids is 1. The summed E-state index contributed by atoms with van der Waals surface area (Å²) < 4.78 is 0. The van der Waals surface area contributed by atoms with Gasteiger partial charge in [-0.15, -0.1) is 0 Å². The third-order valence-corrected chi connectivity index (χ3v) is 2.99. The van der Waals surface area contributed by atoms with E-state index in [-0.39, 0.29) is 6.03 Å². The van der Waals surface area contributed by atoms with E-state index in [1.54, 1.807) is 0 Å². The molecule has 0 aromatic rings. The first-order valence-electron chi connectivity index (χ1n) is 5.05. The molecule has 14 heavy (non-hydrogen) atoms. The van der Waals surface area contributed by atoms with E-state index in [1.165, 1.54) is 0 Å². The molecule has 0 N–H and O–H groups in total. The highest BCUT2D eigenvalue weighted by Crippen LogP contribution is 2.09. The third kappa shape index (κ3) is 3.28. The molecule has 0 saturated carbocycles. The highest BCUT2D eigenvalue weighted by molar-refractivity contribution is 7.80. The van der Waals surface area contributed by atoms with Gasteiger partial charge >= 0.3 is 6.03 Å². The van der Waals surface area contributed by atoms with E-state index in [1.807, 2.05) is 9.80 Å². The fourth-order valence-corrected chi connectivity index (χ4v) is 1.85. The smallest absolute Gasteiger partial charge is 0.320 e. The molecule has 1 heterocycles. The Morgan fingerprint density at radius 2 is 1.43 bits per heavy atom. The lowest BCUT2D eigenvalue weighted by Gasteiger charge is -2.17. The number of hydrogen-bond acceptors (Lipinski definition) is 3. The van der Waals surface area contributed by atoms with E-state index in [0.717, 1.165) is 50.5 Å². The molecule has 0 aromatic carbocycles. The van der Waals surface area contributed by atoms with Crippen molar-refractivity contribution >= 4 is 31.3 Å². The maximum atomic E-state index is 11.7. The lowest BCUT2D eigenvalue weighted by molar-refractivity contribution is 0.192. The molecule has 1 saturated heterocycles. The molecule has 1 aliphatic heterocycles. The first-order chi connectivity index (χ1) is 6.79. The number of carbonyl (C=O) groups is 1. The molecule has 1 fully saturated rings. The zero-order valence-corrected chi connectivity index (χ0v) is 10.1. The zero-order chi connectivity index (χ0) is 10.4. The van der Waals surface area contributed by atoms with Crippen LogP contribution in [0.4, 0.5) is 4.79 Å². The summed E-state index contributed by atoms with van der Waals surface area (Å²) in [5.41, 5.74) is 0. The number of amides is 2. The van der Waals surface area contributed by atoms with Crippen LogP contribution in [0.25, 0.3) is 0 Å². The fraction of sp³-hybridized carbons (Fsp3) is 0.889. The molecule has 0 atom stereocenters. The van der Waals surface area contributed by atoms with Crippen LogP contribution < -0.4 is 0 Å². The summed E-state index contributed by atoms with van der Waals surface area (Å²) in [5, 5.41) is 0. The molecular formula is C9H18N2OS2. The van der Waals surface area contributed by atoms with Gasteiger partial charge in [-0.25, -0.2) is 4.79 Å². The van der Waals surface area contributed by atoms with Gasteiger partial charge in [-0.05, 0) is 24.3 Å². The van der Waals surface area contributed by atoms with Crippen LogP contribution in [0.1, 0.15) is 12.8 Å². The minimum absolute atomic E-state index is 0.188. The van der Waals surface area contributed by atoms with Gasteiger partial charge in [0.1, 0.15) is 0 Å². The average molecular weight is 234 g/mol. The van der Waals surface area contributed by atoms with Crippen molar-refractivity contribution in [3.8, 4) is 0 Å². The van der Waals surface area contributed by atoms with Gasteiger partial charge in [0.2, 0.25) is 0 Å². The van der Waals surface area contributed by atoms with Crippen LogP contribution in [0.15, 0.2) is 0 Å². The Balaban J connectivity index is 2.28. The van der Waals surface area contributed by atoms with Crippen LogP contribution in [-0.2, 0) is 0 Å².